The molecule has 0 N–H and O–H groups in total. The predicted octanol–water partition coefficient (Wildman–Crippen LogP) is 7.09. The average molecular weight is 432 g/mol. The van der Waals surface area contributed by atoms with E-state index in [2.05, 4.69) is 31.6 Å². The summed E-state index contributed by atoms with van der Waals surface area (Å²) in [5.74, 6) is 0.0447. The summed E-state index contributed by atoms with van der Waals surface area (Å²) in [5, 5.41) is 5.18. The summed E-state index contributed by atoms with van der Waals surface area (Å²) < 4.78 is 15.4. The summed E-state index contributed by atoms with van der Waals surface area (Å²) in [6, 6.07) is 16.1. The average Bonchev–Trinajstić information content (AvgIpc) is 3.23. The van der Waals surface area contributed by atoms with Crippen molar-refractivity contribution in [1.82, 2.24) is 14.7 Å². The Kier molecular flexibility index (Phi) is 5.92. The molecular weight excluding hydrogens is 409 g/mol. The summed E-state index contributed by atoms with van der Waals surface area (Å²) in [4.78, 5) is 2.04. The number of allylic oxidation sites excluding steroid dienone is 4. The van der Waals surface area contributed by atoms with Crippen molar-refractivity contribution in [2.24, 2.45) is 5.92 Å². The summed E-state index contributed by atoms with van der Waals surface area (Å²) in [6.45, 7) is 8.45. The lowest BCUT2D eigenvalue weighted by Crippen LogP contribution is -2.18. The maximum Gasteiger partial charge on any atom is 0.123 e. The van der Waals surface area contributed by atoms with Crippen LogP contribution in [0.3, 0.4) is 0 Å². The molecule has 0 atom stereocenters. The molecular formula is C26H23ClFN3. The molecule has 3 aromatic rings. The molecule has 5 heteroatoms. The van der Waals surface area contributed by atoms with Crippen molar-refractivity contribution in [3.8, 4) is 5.69 Å². The van der Waals surface area contributed by atoms with Gasteiger partial charge in [-0.2, -0.15) is 5.10 Å². The zero-order chi connectivity index (χ0) is 22.0. The van der Waals surface area contributed by atoms with E-state index in [1.54, 1.807) is 18.3 Å². The first-order chi connectivity index (χ1) is 14.9. The lowest BCUT2D eigenvalue weighted by molar-refractivity contribution is 0.626. The first-order valence-corrected chi connectivity index (χ1v) is 10.5. The Morgan fingerprint density at radius 2 is 1.74 bits per heavy atom. The van der Waals surface area contributed by atoms with E-state index in [1.807, 2.05) is 58.3 Å². The second-order valence-corrected chi connectivity index (χ2v) is 8.12. The maximum atomic E-state index is 13.5. The fourth-order valence-electron chi connectivity index (χ4n) is 3.47. The molecule has 0 bridgehead atoms. The van der Waals surface area contributed by atoms with Gasteiger partial charge in [-0.05, 0) is 78.2 Å². The van der Waals surface area contributed by atoms with Crippen LogP contribution in [0.15, 0.2) is 97.5 Å². The number of hydrogen-bond acceptors (Lipinski definition) is 2. The molecule has 31 heavy (non-hydrogen) atoms. The molecule has 4 rings (SSSR count). The van der Waals surface area contributed by atoms with Crippen molar-refractivity contribution in [2.75, 3.05) is 0 Å². The molecule has 1 aliphatic heterocycles. The molecule has 0 radical (unpaired) electrons. The van der Waals surface area contributed by atoms with E-state index in [9.17, 15) is 4.39 Å². The molecule has 1 aromatic heterocycles. The molecule has 0 fully saturated rings. The predicted molar refractivity (Wildman–Crippen MR) is 126 cm³/mol. The molecule has 3 nitrogen and oxygen atoms in total. The van der Waals surface area contributed by atoms with Gasteiger partial charge in [0.05, 0.1) is 17.6 Å². The normalized spacial score (nSPS) is 14.4. The van der Waals surface area contributed by atoms with Crippen molar-refractivity contribution in [2.45, 2.75) is 13.8 Å². The molecule has 0 amide bonds. The van der Waals surface area contributed by atoms with Crippen LogP contribution in [0.25, 0.3) is 17.0 Å². The molecule has 0 spiro atoms. The third kappa shape index (κ3) is 4.54. The largest absolute Gasteiger partial charge is 0.317 e. The number of halogens is 2. The SMILES string of the molecule is C=C1C=CC(c2ccnn2-c2ccc(Cl)cc2)=CN1/C(=C\C(C)C)c1ccc(F)cc1. The van der Waals surface area contributed by atoms with Crippen LogP contribution in [-0.4, -0.2) is 14.7 Å². The summed E-state index contributed by atoms with van der Waals surface area (Å²) >= 11 is 6.04. The van der Waals surface area contributed by atoms with Crippen molar-refractivity contribution in [3.63, 3.8) is 0 Å². The second-order valence-electron chi connectivity index (χ2n) is 7.69. The highest BCUT2D eigenvalue weighted by atomic mass is 35.5. The Hall–Kier alpha value is -3.37. The minimum atomic E-state index is -0.256. The number of benzene rings is 2. The van der Waals surface area contributed by atoms with Crippen LogP contribution in [0.5, 0.6) is 0 Å². The quantitative estimate of drug-likeness (QED) is 0.430. The van der Waals surface area contributed by atoms with Crippen molar-refractivity contribution < 1.29 is 4.39 Å². The van der Waals surface area contributed by atoms with Gasteiger partial charge in [-0.1, -0.05) is 38.1 Å². The van der Waals surface area contributed by atoms with E-state index in [4.69, 9.17) is 11.6 Å². The Morgan fingerprint density at radius 1 is 1.03 bits per heavy atom. The van der Waals surface area contributed by atoms with Crippen LogP contribution >= 0.6 is 11.6 Å². The smallest absolute Gasteiger partial charge is 0.123 e. The van der Waals surface area contributed by atoms with Gasteiger partial charge < -0.3 is 4.90 Å². The number of rotatable bonds is 5. The standard InChI is InChI=1S/C26H23ClFN3/c1-18(2)16-26(20-6-10-23(28)11-7-20)30-17-21(5-4-19(30)3)25-14-15-29-31(25)24-12-8-22(27)9-13-24/h4-18H,3H2,1-2H3/b26-16-. The second kappa shape index (κ2) is 8.78. The summed E-state index contributed by atoms with van der Waals surface area (Å²) in [5.41, 5.74) is 5.56. The molecule has 2 heterocycles. The topological polar surface area (TPSA) is 21.1 Å². The van der Waals surface area contributed by atoms with Gasteiger partial charge in [0.25, 0.3) is 0 Å². The molecule has 0 saturated heterocycles. The van der Waals surface area contributed by atoms with Crippen LogP contribution in [-0.2, 0) is 0 Å². The third-order valence-electron chi connectivity index (χ3n) is 4.93. The van der Waals surface area contributed by atoms with Crippen LogP contribution in [0.1, 0.15) is 25.1 Å². The maximum absolute atomic E-state index is 13.5. The van der Waals surface area contributed by atoms with Gasteiger partial charge in [0.2, 0.25) is 0 Å². The monoisotopic (exact) mass is 431 g/mol. The Balaban J connectivity index is 1.77. The van der Waals surface area contributed by atoms with Gasteiger partial charge in [-0.15, -0.1) is 0 Å². The fourth-order valence-corrected chi connectivity index (χ4v) is 3.60. The van der Waals surface area contributed by atoms with Gasteiger partial charge in [0.1, 0.15) is 5.82 Å². The van der Waals surface area contributed by atoms with E-state index >= 15 is 0 Å². The van der Waals surface area contributed by atoms with Crippen LogP contribution < -0.4 is 0 Å². The van der Waals surface area contributed by atoms with E-state index in [-0.39, 0.29) is 5.82 Å². The van der Waals surface area contributed by atoms with Crippen molar-refractivity contribution in [3.05, 3.63) is 120 Å². The number of hydrogen-bond donors (Lipinski definition) is 0. The lowest BCUT2D eigenvalue weighted by atomic mass is 10.0. The van der Waals surface area contributed by atoms with Gasteiger partial charge in [0.15, 0.2) is 0 Å². The molecule has 0 unspecified atom stereocenters. The highest BCUT2D eigenvalue weighted by molar-refractivity contribution is 6.30. The molecule has 0 aliphatic carbocycles. The van der Waals surface area contributed by atoms with Gasteiger partial charge in [-0.25, -0.2) is 9.07 Å². The Labute approximate surface area is 187 Å². The third-order valence-corrected chi connectivity index (χ3v) is 5.19. The van der Waals surface area contributed by atoms with Crippen molar-refractivity contribution >= 4 is 22.9 Å². The van der Waals surface area contributed by atoms with E-state index in [0.29, 0.717) is 10.9 Å². The van der Waals surface area contributed by atoms with E-state index in [0.717, 1.165) is 33.9 Å². The van der Waals surface area contributed by atoms with Crippen LogP contribution in [0, 0.1) is 11.7 Å². The van der Waals surface area contributed by atoms with Gasteiger partial charge in [-0.3, -0.25) is 0 Å². The summed E-state index contributed by atoms with van der Waals surface area (Å²) in [6.07, 6.45) is 9.98. The number of nitrogens with zero attached hydrogens (tertiary/aromatic N) is 3. The highest BCUT2D eigenvalue weighted by Crippen LogP contribution is 2.32. The summed E-state index contributed by atoms with van der Waals surface area (Å²) in [7, 11) is 0. The Bertz CT molecular complexity index is 1180. The molecule has 156 valence electrons. The Morgan fingerprint density at radius 3 is 2.42 bits per heavy atom. The van der Waals surface area contributed by atoms with Crippen LogP contribution in [0.2, 0.25) is 5.02 Å². The zero-order valence-corrected chi connectivity index (χ0v) is 18.2. The molecule has 0 saturated carbocycles. The lowest BCUT2D eigenvalue weighted by Gasteiger charge is -2.29. The molecule has 1 aliphatic rings. The fraction of sp³-hybridized carbons (Fsp3) is 0.115. The molecule has 2 aromatic carbocycles. The minimum Gasteiger partial charge on any atom is -0.317 e. The van der Waals surface area contributed by atoms with Crippen LogP contribution in [0.4, 0.5) is 4.39 Å². The number of aromatic nitrogens is 2. The van der Waals surface area contributed by atoms with Crippen molar-refractivity contribution in [1.29, 1.82) is 0 Å². The van der Waals surface area contributed by atoms with Gasteiger partial charge in [0, 0.05) is 28.2 Å². The zero-order valence-electron chi connectivity index (χ0n) is 17.5. The van der Waals surface area contributed by atoms with E-state index in [1.165, 1.54) is 12.1 Å². The first kappa shape index (κ1) is 20.9. The minimum absolute atomic E-state index is 0.256. The van der Waals surface area contributed by atoms with Gasteiger partial charge >= 0.3 is 0 Å². The van der Waals surface area contributed by atoms with E-state index < -0.39 is 0 Å². The highest BCUT2D eigenvalue weighted by Gasteiger charge is 2.19. The first-order valence-electron chi connectivity index (χ1n) is 10.1.